The van der Waals surface area contributed by atoms with Gasteiger partial charge in [0.1, 0.15) is 0 Å². The van der Waals surface area contributed by atoms with Crippen LogP contribution in [-0.4, -0.2) is 4.21 Å². The molecule has 0 aliphatic rings. The Hall–Kier alpha value is -1.12. The van der Waals surface area contributed by atoms with Crippen molar-refractivity contribution in [1.82, 2.24) is 0 Å². The molecule has 0 radical (unpaired) electrons. The summed E-state index contributed by atoms with van der Waals surface area (Å²) in [6.45, 7) is 0. The van der Waals surface area contributed by atoms with Crippen molar-refractivity contribution in [2.24, 2.45) is 0 Å². The molecule has 0 saturated carbocycles. The fraction of sp³-hybridized carbons (Fsp3) is 0.143. The second-order valence-corrected chi connectivity index (χ2v) is 5.74. The van der Waals surface area contributed by atoms with Crippen LogP contribution >= 0.6 is 11.6 Å². The third-order valence-electron chi connectivity index (χ3n) is 2.39. The summed E-state index contributed by atoms with van der Waals surface area (Å²) >= 11 is 5.89. The fourth-order valence-corrected chi connectivity index (χ4v) is 3.05. The van der Waals surface area contributed by atoms with Crippen molar-refractivity contribution in [3.63, 3.8) is 0 Å². The summed E-state index contributed by atoms with van der Waals surface area (Å²) in [4.78, 5) is 0. The van der Waals surface area contributed by atoms with Crippen molar-refractivity contribution in [1.29, 1.82) is 0 Å². The fourth-order valence-electron chi connectivity index (χ4n) is 1.62. The smallest absolute Gasteiger partial charge is 0.0489 e. The molecule has 88 valence electrons. The maximum Gasteiger partial charge on any atom is 0.0489 e. The third kappa shape index (κ3) is 3.99. The molecule has 0 saturated heterocycles. The highest BCUT2D eigenvalue weighted by molar-refractivity contribution is 7.83. The normalized spacial score (nSPS) is 12.3. The molecule has 0 fully saturated rings. The number of hydrogen-bond donors (Lipinski definition) is 0. The summed E-state index contributed by atoms with van der Waals surface area (Å²) in [5, 5.41) is 0.694. The van der Waals surface area contributed by atoms with Crippen LogP contribution in [0.1, 0.15) is 11.1 Å². The lowest BCUT2D eigenvalue weighted by atomic mass is 10.2. The molecule has 2 rings (SSSR count). The summed E-state index contributed by atoms with van der Waals surface area (Å²) in [7, 11) is -0.889. The third-order valence-corrected chi connectivity index (χ3v) is 3.93. The zero-order valence-electron chi connectivity index (χ0n) is 9.30. The van der Waals surface area contributed by atoms with Gasteiger partial charge in [0.25, 0.3) is 0 Å². The van der Waals surface area contributed by atoms with Crippen LogP contribution < -0.4 is 0 Å². The minimum absolute atomic E-state index is 0.551. The van der Waals surface area contributed by atoms with Crippen LogP contribution in [0.15, 0.2) is 54.6 Å². The highest BCUT2D eigenvalue weighted by Gasteiger charge is 2.03. The summed E-state index contributed by atoms with van der Waals surface area (Å²) < 4.78 is 12.0. The van der Waals surface area contributed by atoms with E-state index in [1.165, 1.54) is 0 Å². The second-order valence-electron chi connectivity index (χ2n) is 3.84. The van der Waals surface area contributed by atoms with E-state index in [1.807, 2.05) is 54.6 Å². The Morgan fingerprint density at radius 1 is 0.882 bits per heavy atom. The lowest BCUT2D eigenvalue weighted by Gasteiger charge is -2.03. The molecule has 1 atom stereocenters. The van der Waals surface area contributed by atoms with Crippen LogP contribution in [0.3, 0.4) is 0 Å². The van der Waals surface area contributed by atoms with Gasteiger partial charge in [-0.3, -0.25) is 4.21 Å². The Balaban J connectivity index is 1.98. The van der Waals surface area contributed by atoms with Gasteiger partial charge in [0.2, 0.25) is 0 Å². The van der Waals surface area contributed by atoms with Gasteiger partial charge >= 0.3 is 0 Å². The number of rotatable bonds is 4. The maximum absolute atomic E-state index is 12.0. The summed E-state index contributed by atoms with van der Waals surface area (Å²) in [5.74, 6) is 1.14. The van der Waals surface area contributed by atoms with Crippen LogP contribution in [-0.2, 0) is 22.3 Å². The predicted molar refractivity (Wildman–Crippen MR) is 73.4 cm³/mol. The van der Waals surface area contributed by atoms with Crippen molar-refractivity contribution in [3.05, 3.63) is 70.7 Å². The van der Waals surface area contributed by atoms with E-state index in [4.69, 9.17) is 11.6 Å². The van der Waals surface area contributed by atoms with Gasteiger partial charge in [-0.25, -0.2) is 0 Å². The topological polar surface area (TPSA) is 17.1 Å². The van der Waals surface area contributed by atoms with Crippen LogP contribution in [0, 0.1) is 0 Å². The Labute approximate surface area is 109 Å². The quantitative estimate of drug-likeness (QED) is 0.821. The molecule has 0 N–H and O–H groups in total. The van der Waals surface area contributed by atoms with Crippen LogP contribution in [0.5, 0.6) is 0 Å². The van der Waals surface area contributed by atoms with Gasteiger partial charge in [-0.2, -0.15) is 0 Å². The average molecular weight is 265 g/mol. The molecule has 0 heterocycles. The van der Waals surface area contributed by atoms with Gasteiger partial charge in [0.15, 0.2) is 0 Å². The Morgan fingerprint density at radius 3 is 2.24 bits per heavy atom. The predicted octanol–water partition coefficient (Wildman–Crippen LogP) is 3.79. The van der Waals surface area contributed by atoms with E-state index in [2.05, 4.69) is 0 Å². The lowest BCUT2D eigenvalue weighted by Crippen LogP contribution is -1.99. The molecule has 0 aliphatic carbocycles. The highest BCUT2D eigenvalue weighted by Crippen LogP contribution is 2.14. The van der Waals surface area contributed by atoms with Gasteiger partial charge in [0, 0.05) is 27.3 Å². The Bertz CT molecular complexity index is 511. The zero-order chi connectivity index (χ0) is 12.1. The average Bonchev–Trinajstić information content (AvgIpc) is 2.30. The van der Waals surface area contributed by atoms with Gasteiger partial charge in [-0.05, 0) is 23.3 Å². The summed E-state index contributed by atoms with van der Waals surface area (Å²) in [6.07, 6.45) is 0. The Morgan fingerprint density at radius 2 is 1.53 bits per heavy atom. The molecule has 0 unspecified atom stereocenters. The second kappa shape index (κ2) is 5.99. The van der Waals surface area contributed by atoms with Gasteiger partial charge < -0.3 is 0 Å². The molecule has 0 bridgehead atoms. The molecule has 2 aromatic rings. The van der Waals surface area contributed by atoms with Gasteiger partial charge in [0.05, 0.1) is 0 Å². The molecule has 1 nitrogen and oxygen atoms in total. The van der Waals surface area contributed by atoms with Gasteiger partial charge in [-0.15, -0.1) is 0 Å². The first-order chi connectivity index (χ1) is 8.24. The minimum atomic E-state index is -0.889. The van der Waals surface area contributed by atoms with E-state index in [9.17, 15) is 4.21 Å². The molecular formula is C14H13ClOS. The number of benzene rings is 2. The van der Waals surface area contributed by atoms with Gasteiger partial charge in [-0.1, -0.05) is 54.1 Å². The van der Waals surface area contributed by atoms with Crippen LogP contribution in [0.25, 0.3) is 0 Å². The molecule has 2 aromatic carbocycles. The first-order valence-electron chi connectivity index (χ1n) is 5.37. The monoisotopic (exact) mass is 264 g/mol. The van der Waals surface area contributed by atoms with Crippen LogP contribution in [0.2, 0.25) is 5.02 Å². The van der Waals surface area contributed by atoms with Crippen molar-refractivity contribution in [3.8, 4) is 0 Å². The number of halogens is 1. The summed E-state index contributed by atoms with van der Waals surface area (Å²) in [5.41, 5.74) is 2.12. The van der Waals surface area contributed by atoms with Crippen molar-refractivity contribution in [2.45, 2.75) is 11.5 Å². The highest BCUT2D eigenvalue weighted by atomic mass is 35.5. The van der Waals surface area contributed by atoms with E-state index < -0.39 is 10.8 Å². The molecular weight excluding hydrogens is 252 g/mol. The first-order valence-corrected chi connectivity index (χ1v) is 7.24. The molecule has 17 heavy (non-hydrogen) atoms. The first kappa shape index (κ1) is 12.3. The molecule has 0 spiro atoms. The van der Waals surface area contributed by atoms with Crippen molar-refractivity contribution < 1.29 is 4.21 Å². The van der Waals surface area contributed by atoms with E-state index in [-0.39, 0.29) is 0 Å². The maximum atomic E-state index is 12.0. The molecule has 0 aromatic heterocycles. The lowest BCUT2D eigenvalue weighted by molar-refractivity contribution is 0.682. The van der Waals surface area contributed by atoms with E-state index >= 15 is 0 Å². The number of hydrogen-bond acceptors (Lipinski definition) is 1. The molecule has 0 aliphatic heterocycles. The van der Waals surface area contributed by atoms with Crippen molar-refractivity contribution in [2.75, 3.05) is 0 Å². The van der Waals surface area contributed by atoms with E-state index in [0.717, 1.165) is 11.1 Å². The van der Waals surface area contributed by atoms with E-state index in [1.54, 1.807) is 0 Å². The minimum Gasteiger partial charge on any atom is -0.259 e. The summed E-state index contributed by atoms with van der Waals surface area (Å²) in [6, 6.07) is 17.4. The Kier molecular flexibility index (Phi) is 4.35. The van der Waals surface area contributed by atoms with E-state index in [0.29, 0.717) is 16.5 Å². The molecule has 3 heteroatoms. The molecule has 0 amide bonds. The SMILES string of the molecule is O=[S@](Cc1ccccc1)Cc1cccc(Cl)c1. The standard InChI is InChI=1S/C14H13ClOS/c15-14-8-4-7-13(9-14)11-17(16)10-12-5-2-1-3-6-12/h1-9H,10-11H2/t17-/m1/s1. The van der Waals surface area contributed by atoms with Crippen molar-refractivity contribution >= 4 is 22.4 Å². The zero-order valence-corrected chi connectivity index (χ0v) is 10.9. The van der Waals surface area contributed by atoms with Crippen LogP contribution in [0.4, 0.5) is 0 Å². The largest absolute Gasteiger partial charge is 0.259 e.